The van der Waals surface area contributed by atoms with Crippen molar-refractivity contribution in [1.29, 1.82) is 0 Å². The molecule has 0 bridgehead atoms. The van der Waals surface area contributed by atoms with Crippen LogP contribution in [0.4, 0.5) is 0 Å². The standard InChI is InChI=1S/C28H37N3O4/c1-20(31-12-10-28(2,34)19-31)22-7-8-25-26(15-22)35-14-13-30(27(25)33)18-24(32)17-29-11-9-21-5-3-4-6-23(21)16-29/h3-8,15,20,24,32,34H,9-14,16-19H2,1-2H3. The minimum absolute atomic E-state index is 0.0937. The van der Waals surface area contributed by atoms with Gasteiger partial charge in [-0.3, -0.25) is 14.6 Å². The Morgan fingerprint density at radius 1 is 1.09 bits per heavy atom. The zero-order valence-corrected chi connectivity index (χ0v) is 20.8. The van der Waals surface area contributed by atoms with Gasteiger partial charge in [-0.2, -0.15) is 0 Å². The average Bonchev–Trinajstić information content (AvgIpc) is 3.14. The normalized spacial score (nSPS) is 24.9. The van der Waals surface area contributed by atoms with E-state index in [9.17, 15) is 15.0 Å². The van der Waals surface area contributed by atoms with Crippen LogP contribution in [0.5, 0.6) is 5.75 Å². The van der Waals surface area contributed by atoms with Crippen molar-refractivity contribution in [2.45, 2.75) is 51.0 Å². The summed E-state index contributed by atoms with van der Waals surface area (Å²) in [6.07, 6.45) is 1.13. The lowest BCUT2D eigenvalue weighted by atomic mass is 10.00. The second kappa shape index (κ2) is 9.90. The predicted molar refractivity (Wildman–Crippen MR) is 134 cm³/mol. The molecule has 2 N–H and O–H groups in total. The first-order valence-electron chi connectivity index (χ1n) is 12.8. The third-order valence-corrected chi connectivity index (χ3v) is 7.76. The molecular weight excluding hydrogens is 442 g/mol. The molecule has 0 spiro atoms. The van der Waals surface area contributed by atoms with Gasteiger partial charge in [0.2, 0.25) is 0 Å². The highest BCUT2D eigenvalue weighted by molar-refractivity contribution is 5.97. The summed E-state index contributed by atoms with van der Waals surface area (Å²) in [6.45, 7) is 8.93. The molecule has 1 saturated heterocycles. The van der Waals surface area contributed by atoms with E-state index in [1.807, 2.05) is 25.1 Å². The van der Waals surface area contributed by atoms with Crippen molar-refractivity contribution >= 4 is 5.91 Å². The van der Waals surface area contributed by atoms with Crippen LogP contribution in [0.25, 0.3) is 0 Å². The van der Waals surface area contributed by atoms with Gasteiger partial charge < -0.3 is 19.8 Å². The van der Waals surface area contributed by atoms with E-state index < -0.39 is 11.7 Å². The summed E-state index contributed by atoms with van der Waals surface area (Å²) in [5.41, 5.74) is 3.69. The van der Waals surface area contributed by atoms with E-state index in [-0.39, 0.29) is 11.9 Å². The fourth-order valence-corrected chi connectivity index (χ4v) is 5.65. The van der Waals surface area contributed by atoms with Crippen LogP contribution in [0.2, 0.25) is 0 Å². The maximum atomic E-state index is 13.3. The van der Waals surface area contributed by atoms with Crippen molar-refractivity contribution in [1.82, 2.24) is 14.7 Å². The zero-order valence-electron chi connectivity index (χ0n) is 20.8. The van der Waals surface area contributed by atoms with Gasteiger partial charge in [0.1, 0.15) is 12.4 Å². The highest BCUT2D eigenvalue weighted by Crippen LogP contribution is 2.33. The van der Waals surface area contributed by atoms with Gasteiger partial charge in [-0.25, -0.2) is 0 Å². The minimum Gasteiger partial charge on any atom is -0.491 e. The SMILES string of the molecule is CC(c1ccc2c(c1)OCCN(CC(O)CN1CCc3ccccc3C1)C2=O)N1CCC(C)(O)C1. The van der Waals surface area contributed by atoms with E-state index in [4.69, 9.17) is 4.74 Å². The van der Waals surface area contributed by atoms with Crippen LogP contribution in [0.3, 0.4) is 0 Å². The second-order valence-corrected chi connectivity index (χ2v) is 10.7. The number of hydrogen-bond acceptors (Lipinski definition) is 6. The molecule has 3 atom stereocenters. The molecule has 1 fully saturated rings. The first kappa shape index (κ1) is 24.3. The molecule has 3 heterocycles. The highest BCUT2D eigenvalue weighted by atomic mass is 16.5. The van der Waals surface area contributed by atoms with E-state index >= 15 is 0 Å². The van der Waals surface area contributed by atoms with Crippen LogP contribution >= 0.6 is 0 Å². The van der Waals surface area contributed by atoms with Crippen LogP contribution in [0, 0.1) is 0 Å². The second-order valence-electron chi connectivity index (χ2n) is 10.7. The predicted octanol–water partition coefficient (Wildman–Crippen LogP) is 2.46. The molecule has 5 rings (SSSR count). The fraction of sp³-hybridized carbons (Fsp3) is 0.536. The summed E-state index contributed by atoms with van der Waals surface area (Å²) in [7, 11) is 0. The third kappa shape index (κ3) is 5.38. The number of amides is 1. The van der Waals surface area contributed by atoms with Gasteiger partial charge in [0.05, 0.1) is 23.8 Å². The molecule has 188 valence electrons. The lowest BCUT2D eigenvalue weighted by Gasteiger charge is -2.32. The van der Waals surface area contributed by atoms with Crippen molar-refractivity contribution in [2.75, 3.05) is 45.9 Å². The number of β-amino-alcohol motifs (C(OH)–C–C–N with tert-alkyl or cyclic N) is 2. The smallest absolute Gasteiger partial charge is 0.257 e. The molecule has 2 aromatic rings. The molecule has 7 heteroatoms. The molecule has 0 aromatic heterocycles. The zero-order chi connectivity index (χ0) is 24.6. The molecule has 1 amide bonds. The van der Waals surface area contributed by atoms with E-state index in [0.29, 0.717) is 44.1 Å². The molecular formula is C28H37N3O4. The quantitative estimate of drug-likeness (QED) is 0.663. The highest BCUT2D eigenvalue weighted by Gasteiger charge is 2.34. The Hall–Kier alpha value is -2.45. The number of ether oxygens (including phenoxy) is 1. The maximum Gasteiger partial charge on any atom is 0.257 e. The molecule has 0 saturated carbocycles. The number of likely N-dealkylation sites (tertiary alicyclic amines) is 1. The lowest BCUT2D eigenvalue weighted by molar-refractivity contribution is 0.0501. The number of benzene rings is 2. The molecule has 3 aliphatic rings. The van der Waals surface area contributed by atoms with Gasteiger partial charge in [0.25, 0.3) is 5.91 Å². The Labute approximate surface area is 207 Å². The van der Waals surface area contributed by atoms with Crippen LogP contribution < -0.4 is 4.74 Å². The molecule has 35 heavy (non-hydrogen) atoms. The lowest BCUT2D eigenvalue weighted by Crippen LogP contribution is -2.44. The minimum atomic E-state index is -0.647. The molecule has 3 unspecified atom stereocenters. The van der Waals surface area contributed by atoms with Gasteiger partial charge in [-0.15, -0.1) is 0 Å². The number of carbonyl (C=O) groups is 1. The van der Waals surface area contributed by atoms with E-state index in [1.54, 1.807) is 4.90 Å². The largest absolute Gasteiger partial charge is 0.491 e. The Balaban J connectivity index is 1.22. The Morgan fingerprint density at radius 2 is 1.89 bits per heavy atom. The number of aliphatic hydroxyl groups is 2. The number of rotatable bonds is 6. The molecule has 7 nitrogen and oxygen atoms in total. The first-order chi connectivity index (χ1) is 16.8. The van der Waals surface area contributed by atoms with Gasteiger partial charge >= 0.3 is 0 Å². The topological polar surface area (TPSA) is 76.5 Å². The number of nitrogens with zero attached hydrogens (tertiary/aromatic N) is 3. The van der Waals surface area contributed by atoms with Crippen molar-refractivity contribution in [3.8, 4) is 5.75 Å². The molecule has 0 radical (unpaired) electrons. The Morgan fingerprint density at radius 3 is 2.66 bits per heavy atom. The monoisotopic (exact) mass is 479 g/mol. The number of fused-ring (bicyclic) bond motifs is 2. The summed E-state index contributed by atoms with van der Waals surface area (Å²) >= 11 is 0. The van der Waals surface area contributed by atoms with Gasteiger partial charge in [0, 0.05) is 45.3 Å². The third-order valence-electron chi connectivity index (χ3n) is 7.76. The first-order valence-corrected chi connectivity index (χ1v) is 12.8. The van der Waals surface area contributed by atoms with Crippen LogP contribution in [-0.4, -0.2) is 88.4 Å². The van der Waals surface area contributed by atoms with Gasteiger partial charge in [-0.05, 0) is 55.5 Å². The van der Waals surface area contributed by atoms with Crippen molar-refractivity contribution < 1.29 is 19.7 Å². The average molecular weight is 480 g/mol. The number of carbonyl (C=O) groups excluding carboxylic acids is 1. The van der Waals surface area contributed by atoms with Gasteiger partial charge in [-0.1, -0.05) is 30.3 Å². The number of hydrogen-bond donors (Lipinski definition) is 2. The Bertz CT molecular complexity index is 1070. The summed E-state index contributed by atoms with van der Waals surface area (Å²) in [6, 6.07) is 14.4. The molecule has 0 aliphatic carbocycles. The van der Waals surface area contributed by atoms with Crippen LogP contribution in [0.15, 0.2) is 42.5 Å². The number of aliphatic hydroxyl groups excluding tert-OH is 1. The Kier molecular flexibility index (Phi) is 6.86. The van der Waals surface area contributed by atoms with E-state index in [0.717, 1.165) is 38.0 Å². The summed E-state index contributed by atoms with van der Waals surface area (Å²) in [5.74, 6) is 0.513. The van der Waals surface area contributed by atoms with Crippen molar-refractivity contribution in [2.24, 2.45) is 0 Å². The maximum absolute atomic E-state index is 13.3. The fourth-order valence-electron chi connectivity index (χ4n) is 5.65. The molecule has 3 aliphatic heterocycles. The summed E-state index contributed by atoms with van der Waals surface area (Å²) in [4.78, 5) is 19.6. The van der Waals surface area contributed by atoms with Crippen LogP contribution in [-0.2, 0) is 13.0 Å². The van der Waals surface area contributed by atoms with Crippen molar-refractivity contribution in [3.63, 3.8) is 0 Å². The van der Waals surface area contributed by atoms with Crippen LogP contribution in [0.1, 0.15) is 53.4 Å². The van der Waals surface area contributed by atoms with E-state index in [2.05, 4.69) is 41.0 Å². The summed E-state index contributed by atoms with van der Waals surface area (Å²) < 4.78 is 5.99. The van der Waals surface area contributed by atoms with Crippen molar-refractivity contribution in [3.05, 3.63) is 64.7 Å². The van der Waals surface area contributed by atoms with E-state index in [1.165, 1.54) is 11.1 Å². The van der Waals surface area contributed by atoms with Gasteiger partial charge in [0.15, 0.2) is 0 Å². The summed E-state index contributed by atoms with van der Waals surface area (Å²) in [5, 5.41) is 21.2. The molecule has 2 aromatic carbocycles.